The van der Waals surface area contributed by atoms with E-state index in [1.807, 2.05) is 0 Å². The second-order valence-electron chi connectivity index (χ2n) is 14.5. The molecule has 0 saturated heterocycles. The van der Waals surface area contributed by atoms with Crippen LogP contribution in [0.3, 0.4) is 0 Å². The lowest BCUT2D eigenvalue weighted by atomic mass is 10.0. The van der Waals surface area contributed by atoms with Crippen molar-refractivity contribution < 1.29 is 47.5 Å². The molecule has 3 atom stereocenters. The summed E-state index contributed by atoms with van der Waals surface area (Å²) in [4.78, 5) is 45.8. The fraction of sp³-hybridized carbons (Fsp3) is 0.925. The van der Waals surface area contributed by atoms with Crippen LogP contribution in [-0.2, 0) is 37.5 Å². The molecule has 0 heterocycles. The van der Waals surface area contributed by atoms with Crippen LogP contribution < -0.4 is 5.73 Å². The van der Waals surface area contributed by atoms with Crippen LogP contribution in [0.1, 0.15) is 206 Å². The third-order valence-corrected chi connectivity index (χ3v) is 10.3. The summed E-state index contributed by atoms with van der Waals surface area (Å²) < 4.78 is 32.6. The molecule has 0 rings (SSSR count). The quantitative estimate of drug-likeness (QED) is 0.0308. The molecule has 0 radical (unpaired) electrons. The molecule has 0 aromatic heterocycles. The predicted molar refractivity (Wildman–Crippen MR) is 208 cm³/mol. The minimum Gasteiger partial charge on any atom is -0.480 e. The standard InChI is InChI=1S/C40H78NO10P/c1-3-5-7-9-11-13-15-17-18-19-20-22-23-25-27-29-31-38(42)48-33-36(34-49-52(46,47)50-35-37(41)40(44)45)51-39(43)32-30-28-26-24-21-16-14-12-10-8-6-4-2/h36-37H,3-35,41H2,1-2H3,(H,44,45)(H,46,47)/t36-,37+/m0/s1. The number of carboxylic acid groups (broad SMARTS) is 1. The first-order chi connectivity index (χ1) is 25.1. The molecule has 0 aromatic rings. The zero-order valence-corrected chi connectivity index (χ0v) is 34.1. The second kappa shape index (κ2) is 36.5. The number of rotatable bonds is 40. The summed E-state index contributed by atoms with van der Waals surface area (Å²) >= 11 is 0. The van der Waals surface area contributed by atoms with E-state index in [1.165, 1.54) is 128 Å². The summed E-state index contributed by atoms with van der Waals surface area (Å²) in [6, 6.07) is -1.52. The van der Waals surface area contributed by atoms with Crippen LogP contribution in [0.2, 0.25) is 0 Å². The Morgan fingerprint density at radius 3 is 1.21 bits per heavy atom. The molecule has 0 spiro atoms. The van der Waals surface area contributed by atoms with Crippen LogP contribution in [0, 0.1) is 0 Å². The van der Waals surface area contributed by atoms with Crippen molar-refractivity contribution in [2.75, 3.05) is 19.8 Å². The largest absolute Gasteiger partial charge is 0.480 e. The van der Waals surface area contributed by atoms with Gasteiger partial charge in [-0.3, -0.25) is 23.4 Å². The molecule has 52 heavy (non-hydrogen) atoms. The third-order valence-electron chi connectivity index (χ3n) is 9.36. The molecule has 0 bridgehead atoms. The lowest BCUT2D eigenvalue weighted by Crippen LogP contribution is -2.34. The van der Waals surface area contributed by atoms with Gasteiger partial charge in [-0.25, -0.2) is 4.57 Å². The first-order valence-electron chi connectivity index (χ1n) is 21.1. The molecule has 0 saturated carbocycles. The summed E-state index contributed by atoms with van der Waals surface area (Å²) in [5, 5.41) is 8.87. The number of aliphatic carboxylic acids is 1. The maximum atomic E-state index is 12.6. The van der Waals surface area contributed by atoms with Crippen molar-refractivity contribution in [2.45, 2.75) is 219 Å². The summed E-state index contributed by atoms with van der Waals surface area (Å²) in [6.45, 7) is 2.82. The Morgan fingerprint density at radius 2 is 0.846 bits per heavy atom. The average Bonchev–Trinajstić information content (AvgIpc) is 3.12. The molecule has 4 N–H and O–H groups in total. The highest BCUT2D eigenvalue weighted by Gasteiger charge is 2.28. The number of phosphoric ester groups is 1. The summed E-state index contributed by atoms with van der Waals surface area (Å²) in [7, 11) is -4.70. The maximum Gasteiger partial charge on any atom is 0.472 e. The van der Waals surface area contributed by atoms with Gasteiger partial charge in [-0.15, -0.1) is 0 Å². The number of phosphoric acid groups is 1. The van der Waals surface area contributed by atoms with Gasteiger partial charge in [-0.1, -0.05) is 181 Å². The number of carboxylic acids is 1. The summed E-state index contributed by atoms with van der Waals surface area (Å²) in [5.74, 6) is -2.36. The van der Waals surface area contributed by atoms with Crippen LogP contribution in [0.4, 0.5) is 0 Å². The van der Waals surface area contributed by atoms with E-state index in [4.69, 9.17) is 24.8 Å². The Kier molecular flexibility index (Phi) is 35.4. The van der Waals surface area contributed by atoms with Crippen molar-refractivity contribution in [1.29, 1.82) is 0 Å². The maximum absolute atomic E-state index is 12.6. The highest BCUT2D eigenvalue weighted by Crippen LogP contribution is 2.43. The molecule has 12 heteroatoms. The van der Waals surface area contributed by atoms with Crippen molar-refractivity contribution >= 4 is 25.7 Å². The van der Waals surface area contributed by atoms with E-state index in [9.17, 15) is 23.8 Å². The molecule has 11 nitrogen and oxygen atoms in total. The summed E-state index contributed by atoms with van der Waals surface area (Å²) in [5.41, 5.74) is 5.32. The van der Waals surface area contributed by atoms with Crippen LogP contribution >= 0.6 is 7.82 Å². The van der Waals surface area contributed by atoms with Crippen LogP contribution in [0.15, 0.2) is 0 Å². The van der Waals surface area contributed by atoms with E-state index in [0.717, 1.165) is 38.5 Å². The summed E-state index contributed by atoms with van der Waals surface area (Å²) in [6.07, 6.45) is 33.1. The highest BCUT2D eigenvalue weighted by atomic mass is 31.2. The monoisotopic (exact) mass is 764 g/mol. The van der Waals surface area contributed by atoms with E-state index >= 15 is 0 Å². The Bertz CT molecular complexity index is 906. The first kappa shape index (κ1) is 50.5. The van der Waals surface area contributed by atoms with E-state index in [2.05, 4.69) is 18.4 Å². The van der Waals surface area contributed by atoms with E-state index in [-0.39, 0.29) is 19.4 Å². The normalized spacial score (nSPS) is 13.8. The van der Waals surface area contributed by atoms with Gasteiger partial charge in [0.05, 0.1) is 13.2 Å². The minimum absolute atomic E-state index is 0.168. The predicted octanol–water partition coefficient (Wildman–Crippen LogP) is 10.7. The zero-order valence-electron chi connectivity index (χ0n) is 33.2. The van der Waals surface area contributed by atoms with Crippen molar-refractivity contribution in [1.82, 2.24) is 0 Å². The topological polar surface area (TPSA) is 172 Å². The van der Waals surface area contributed by atoms with Crippen molar-refractivity contribution in [3.63, 3.8) is 0 Å². The van der Waals surface area contributed by atoms with Gasteiger partial charge < -0.3 is 25.2 Å². The van der Waals surface area contributed by atoms with Gasteiger partial charge in [0.1, 0.15) is 12.6 Å². The Labute approximate surface area is 316 Å². The SMILES string of the molecule is CCCCCCCCCCCCCCCCCCC(=O)OC[C@@H](COP(=O)(O)OC[C@@H](N)C(=O)O)OC(=O)CCCCCCCCCCCCCC. The number of hydrogen-bond donors (Lipinski definition) is 3. The van der Waals surface area contributed by atoms with Crippen molar-refractivity contribution in [3.05, 3.63) is 0 Å². The van der Waals surface area contributed by atoms with Crippen LogP contribution in [0.5, 0.6) is 0 Å². The van der Waals surface area contributed by atoms with E-state index in [1.54, 1.807) is 0 Å². The lowest BCUT2D eigenvalue weighted by Gasteiger charge is -2.20. The molecule has 0 aliphatic carbocycles. The molecule has 0 amide bonds. The number of carbonyl (C=O) groups excluding carboxylic acids is 2. The molecule has 0 aromatic carbocycles. The van der Waals surface area contributed by atoms with Gasteiger partial charge in [0.15, 0.2) is 6.10 Å². The molecule has 0 aliphatic heterocycles. The Morgan fingerprint density at radius 1 is 0.519 bits per heavy atom. The fourth-order valence-corrected chi connectivity index (χ4v) is 6.79. The fourth-order valence-electron chi connectivity index (χ4n) is 6.01. The lowest BCUT2D eigenvalue weighted by molar-refractivity contribution is -0.161. The van der Waals surface area contributed by atoms with Gasteiger partial charge >= 0.3 is 25.7 Å². The number of ether oxygens (including phenoxy) is 2. The van der Waals surface area contributed by atoms with Gasteiger partial charge in [-0.05, 0) is 12.8 Å². The molecular formula is C40H78NO10P. The zero-order chi connectivity index (χ0) is 38.5. The average molecular weight is 764 g/mol. The van der Waals surface area contributed by atoms with Crippen LogP contribution in [0.25, 0.3) is 0 Å². The van der Waals surface area contributed by atoms with Gasteiger partial charge in [0.2, 0.25) is 0 Å². The minimum atomic E-state index is -4.70. The van der Waals surface area contributed by atoms with E-state index < -0.39 is 51.1 Å². The molecule has 0 fully saturated rings. The van der Waals surface area contributed by atoms with Gasteiger partial charge in [0.25, 0.3) is 0 Å². The smallest absolute Gasteiger partial charge is 0.472 e. The first-order valence-corrected chi connectivity index (χ1v) is 22.6. The molecular weight excluding hydrogens is 685 g/mol. The Balaban J connectivity index is 4.32. The van der Waals surface area contributed by atoms with Crippen molar-refractivity contribution in [2.24, 2.45) is 5.73 Å². The molecule has 0 aliphatic rings. The second-order valence-corrected chi connectivity index (χ2v) is 15.9. The van der Waals surface area contributed by atoms with Crippen LogP contribution in [-0.4, -0.2) is 59.9 Å². The molecule has 1 unspecified atom stereocenters. The number of unbranched alkanes of at least 4 members (excludes halogenated alkanes) is 26. The van der Waals surface area contributed by atoms with Gasteiger partial charge in [-0.2, -0.15) is 0 Å². The molecule has 308 valence electrons. The van der Waals surface area contributed by atoms with Crippen molar-refractivity contribution in [3.8, 4) is 0 Å². The number of nitrogens with two attached hydrogens (primary N) is 1. The highest BCUT2D eigenvalue weighted by molar-refractivity contribution is 7.47. The Hall–Kier alpha value is -1.52. The van der Waals surface area contributed by atoms with Gasteiger partial charge in [0, 0.05) is 12.8 Å². The third kappa shape index (κ3) is 35.5. The van der Waals surface area contributed by atoms with E-state index in [0.29, 0.717) is 12.8 Å². The number of carbonyl (C=O) groups is 3. The number of esters is 2. The number of hydrogen-bond acceptors (Lipinski definition) is 9.